The largest absolute Gasteiger partial charge is 0.444 e. The second kappa shape index (κ2) is 7.90. The van der Waals surface area contributed by atoms with Gasteiger partial charge in [-0.1, -0.05) is 6.07 Å². The fourth-order valence-corrected chi connectivity index (χ4v) is 4.51. The van der Waals surface area contributed by atoms with E-state index in [0.29, 0.717) is 26.1 Å². The van der Waals surface area contributed by atoms with Gasteiger partial charge in [-0.25, -0.2) is 9.59 Å². The summed E-state index contributed by atoms with van der Waals surface area (Å²) in [5.74, 6) is -0.237. The standard InChI is InChI=1S/C23H30N4O4/c1-15-14-17-18(26-13-10-20(28)24-21(26)29)6-5-7-19(17)27(15)16-8-11-25(12-9-16)22(30)31-23(2,3)4/h5-7,14,16H,8-13H2,1-4H3,(H,24,28,29). The van der Waals surface area contributed by atoms with Crippen molar-refractivity contribution >= 4 is 34.6 Å². The number of aryl methyl sites for hydroxylation is 1. The minimum atomic E-state index is -0.497. The predicted molar refractivity (Wildman–Crippen MR) is 118 cm³/mol. The summed E-state index contributed by atoms with van der Waals surface area (Å²) in [6.45, 7) is 9.38. The number of likely N-dealkylation sites (tertiary alicyclic amines) is 1. The van der Waals surface area contributed by atoms with Gasteiger partial charge in [-0.05, 0) is 58.7 Å². The number of fused-ring (bicyclic) bond motifs is 1. The van der Waals surface area contributed by atoms with Gasteiger partial charge in [0.15, 0.2) is 0 Å². The van der Waals surface area contributed by atoms with Crippen LogP contribution in [-0.4, -0.2) is 52.7 Å². The molecule has 0 radical (unpaired) electrons. The SMILES string of the molecule is Cc1cc2c(N3CCC(=O)NC3=O)cccc2n1C1CCN(C(=O)OC(C)(C)C)CC1. The molecular weight excluding hydrogens is 396 g/mol. The molecule has 1 aromatic carbocycles. The number of benzene rings is 1. The van der Waals surface area contributed by atoms with Crippen molar-refractivity contribution in [2.45, 2.75) is 58.6 Å². The lowest BCUT2D eigenvalue weighted by atomic mass is 10.0. The molecule has 0 saturated carbocycles. The van der Waals surface area contributed by atoms with E-state index in [1.54, 1.807) is 9.80 Å². The molecule has 0 bridgehead atoms. The first-order chi connectivity index (χ1) is 14.6. The van der Waals surface area contributed by atoms with Crippen LogP contribution in [0.5, 0.6) is 0 Å². The maximum Gasteiger partial charge on any atom is 0.410 e. The highest BCUT2D eigenvalue weighted by atomic mass is 16.6. The van der Waals surface area contributed by atoms with Gasteiger partial charge < -0.3 is 14.2 Å². The van der Waals surface area contributed by atoms with Crippen molar-refractivity contribution in [3.63, 3.8) is 0 Å². The van der Waals surface area contributed by atoms with Gasteiger partial charge in [0.05, 0.1) is 11.2 Å². The van der Waals surface area contributed by atoms with Crippen molar-refractivity contribution in [3.8, 4) is 0 Å². The Morgan fingerprint density at radius 1 is 1.13 bits per heavy atom. The Balaban J connectivity index is 1.56. The molecule has 0 spiro atoms. The molecule has 2 fully saturated rings. The lowest BCUT2D eigenvalue weighted by molar-refractivity contribution is -0.120. The van der Waals surface area contributed by atoms with Crippen molar-refractivity contribution in [2.24, 2.45) is 0 Å². The molecular formula is C23H30N4O4. The van der Waals surface area contributed by atoms with Crippen LogP contribution in [0.25, 0.3) is 10.9 Å². The third-order valence-electron chi connectivity index (χ3n) is 5.88. The van der Waals surface area contributed by atoms with Crippen molar-refractivity contribution in [3.05, 3.63) is 30.0 Å². The molecule has 2 aliphatic heterocycles. The monoisotopic (exact) mass is 426 g/mol. The minimum Gasteiger partial charge on any atom is -0.444 e. The van der Waals surface area contributed by atoms with Crippen molar-refractivity contribution < 1.29 is 19.1 Å². The van der Waals surface area contributed by atoms with Gasteiger partial charge in [0.1, 0.15) is 5.60 Å². The molecule has 166 valence electrons. The summed E-state index contributed by atoms with van der Waals surface area (Å²) in [4.78, 5) is 39.7. The van der Waals surface area contributed by atoms with Crippen LogP contribution in [0.1, 0.15) is 51.8 Å². The van der Waals surface area contributed by atoms with Gasteiger partial charge >= 0.3 is 12.1 Å². The summed E-state index contributed by atoms with van der Waals surface area (Å²) in [6.07, 6.45) is 1.72. The number of rotatable bonds is 2. The first-order valence-corrected chi connectivity index (χ1v) is 10.8. The van der Waals surface area contributed by atoms with E-state index >= 15 is 0 Å². The van der Waals surface area contributed by atoms with E-state index in [9.17, 15) is 14.4 Å². The molecule has 0 aliphatic carbocycles. The molecule has 3 heterocycles. The molecule has 31 heavy (non-hydrogen) atoms. The Labute approximate surface area is 182 Å². The van der Waals surface area contributed by atoms with Gasteiger partial charge in [-0.2, -0.15) is 0 Å². The van der Waals surface area contributed by atoms with Gasteiger partial charge in [0.2, 0.25) is 5.91 Å². The van der Waals surface area contributed by atoms with Gasteiger partial charge in [-0.3, -0.25) is 15.0 Å². The van der Waals surface area contributed by atoms with Crippen molar-refractivity contribution in [1.29, 1.82) is 0 Å². The van der Waals surface area contributed by atoms with E-state index in [2.05, 4.69) is 28.9 Å². The fraction of sp³-hybridized carbons (Fsp3) is 0.522. The van der Waals surface area contributed by atoms with Crippen LogP contribution in [-0.2, 0) is 9.53 Å². The summed E-state index contributed by atoms with van der Waals surface area (Å²) in [5.41, 5.74) is 2.50. The van der Waals surface area contributed by atoms with Gasteiger partial charge in [0.25, 0.3) is 0 Å². The number of nitrogens with one attached hydrogen (secondary N) is 1. The third-order valence-corrected chi connectivity index (χ3v) is 5.88. The molecule has 4 amide bonds. The second-order valence-corrected chi connectivity index (χ2v) is 9.32. The zero-order valence-corrected chi connectivity index (χ0v) is 18.6. The summed E-state index contributed by atoms with van der Waals surface area (Å²) in [5, 5.41) is 3.40. The maximum atomic E-state index is 12.4. The lowest BCUT2D eigenvalue weighted by Crippen LogP contribution is -2.49. The van der Waals surface area contributed by atoms with E-state index in [1.165, 1.54) is 0 Å². The Kier molecular flexibility index (Phi) is 5.41. The number of carbonyl (C=O) groups is 3. The number of imide groups is 1. The quantitative estimate of drug-likeness (QED) is 0.788. The summed E-state index contributed by atoms with van der Waals surface area (Å²) in [6, 6.07) is 7.94. The fourth-order valence-electron chi connectivity index (χ4n) is 4.51. The number of carbonyl (C=O) groups excluding carboxylic acids is 3. The first kappa shape index (κ1) is 21.2. The Morgan fingerprint density at radius 3 is 2.48 bits per heavy atom. The van der Waals surface area contributed by atoms with Crippen LogP contribution in [0.2, 0.25) is 0 Å². The number of ether oxygens (including phenoxy) is 1. The highest BCUT2D eigenvalue weighted by molar-refractivity contribution is 6.09. The third kappa shape index (κ3) is 4.24. The summed E-state index contributed by atoms with van der Waals surface area (Å²) < 4.78 is 7.83. The van der Waals surface area contributed by atoms with Crippen LogP contribution in [0.3, 0.4) is 0 Å². The number of anilines is 1. The Bertz CT molecular complexity index is 1030. The van der Waals surface area contributed by atoms with Crippen LogP contribution in [0, 0.1) is 6.92 Å². The Hall–Kier alpha value is -3.03. The lowest BCUT2D eigenvalue weighted by Gasteiger charge is -2.35. The number of hydrogen-bond donors (Lipinski definition) is 1. The first-order valence-electron chi connectivity index (χ1n) is 10.8. The van der Waals surface area contributed by atoms with Crippen molar-refractivity contribution in [2.75, 3.05) is 24.5 Å². The molecule has 0 unspecified atom stereocenters. The second-order valence-electron chi connectivity index (χ2n) is 9.32. The minimum absolute atomic E-state index is 0.237. The maximum absolute atomic E-state index is 12.4. The molecule has 1 N–H and O–H groups in total. The topological polar surface area (TPSA) is 83.9 Å². The molecule has 0 atom stereocenters. The van der Waals surface area contributed by atoms with Crippen LogP contribution in [0.15, 0.2) is 24.3 Å². The molecule has 2 saturated heterocycles. The number of amides is 4. The molecule has 1 aromatic heterocycles. The smallest absolute Gasteiger partial charge is 0.410 e. The van der Waals surface area contributed by atoms with E-state index < -0.39 is 5.60 Å². The van der Waals surface area contributed by atoms with E-state index in [4.69, 9.17) is 4.74 Å². The zero-order valence-electron chi connectivity index (χ0n) is 18.6. The predicted octanol–water partition coefficient (Wildman–Crippen LogP) is 3.97. The molecule has 4 rings (SSSR count). The van der Waals surface area contributed by atoms with Crippen LogP contribution < -0.4 is 10.2 Å². The summed E-state index contributed by atoms with van der Waals surface area (Å²) >= 11 is 0. The van der Waals surface area contributed by atoms with E-state index in [1.807, 2.05) is 32.9 Å². The average Bonchev–Trinajstić information content (AvgIpc) is 3.03. The Morgan fingerprint density at radius 2 is 1.84 bits per heavy atom. The average molecular weight is 427 g/mol. The molecule has 8 nitrogen and oxygen atoms in total. The summed E-state index contributed by atoms with van der Waals surface area (Å²) in [7, 11) is 0. The highest BCUT2D eigenvalue weighted by Crippen LogP contribution is 2.35. The number of urea groups is 1. The van der Waals surface area contributed by atoms with Crippen LogP contribution >= 0.6 is 0 Å². The number of aromatic nitrogens is 1. The van der Waals surface area contributed by atoms with Gasteiger partial charge in [-0.15, -0.1) is 0 Å². The molecule has 8 heteroatoms. The zero-order chi connectivity index (χ0) is 22.3. The molecule has 2 aliphatic rings. The van der Waals surface area contributed by atoms with Crippen LogP contribution in [0.4, 0.5) is 15.3 Å². The normalized spacial score (nSPS) is 18.5. The number of piperidine rings is 1. The number of hydrogen-bond acceptors (Lipinski definition) is 4. The highest BCUT2D eigenvalue weighted by Gasteiger charge is 2.30. The molecule has 2 aromatic rings. The van der Waals surface area contributed by atoms with Gasteiger partial charge in [0, 0.05) is 43.2 Å². The van der Waals surface area contributed by atoms with Crippen molar-refractivity contribution in [1.82, 2.24) is 14.8 Å². The van der Waals surface area contributed by atoms with E-state index in [0.717, 1.165) is 35.1 Å². The number of nitrogens with zero attached hydrogens (tertiary/aromatic N) is 3. The van der Waals surface area contributed by atoms with E-state index in [-0.39, 0.29) is 24.1 Å².